The van der Waals surface area contributed by atoms with Gasteiger partial charge in [-0.2, -0.15) is 0 Å². The molecular weight excluding hydrogens is 223 g/mol. The summed E-state index contributed by atoms with van der Waals surface area (Å²) in [5.74, 6) is -1.06. The molecule has 1 unspecified atom stereocenters. The van der Waals surface area contributed by atoms with Crippen LogP contribution in [-0.4, -0.2) is 18.0 Å². The molecule has 1 N–H and O–H groups in total. The molecule has 1 fully saturated rings. The van der Waals surface area contributed by atoms with Gasteiger partial charge in [0, 0.05) is 0 Å². The Morgan fingerprint density at radius 2 is 2.12 bits per heavy atom. The second kappa shape index (κ2) is 4.37. The minimum absolute atomic E-state index is 0.0263. The predicted molar refractivity (Wildman–Crippen MR) is 61.0 cm³/mol. The molecule has 0 bridgehead atoms. The van der Waals surface area contributed by atoms with Gasteiger partial charge in [-0.05, 0) is 18.6 Å². The first kappa shape index (κ1) is 11.3. The Balaban J connectivity index is 2.34. The Morgan fingerprint density at radius 1 is 1.41 bits per heavy atom. The summed E-state index contributed by atoms with van der Waals surface area (Å²) < 4.78 is 13.5. The maximum absolute atomic E-state index is 13.5. The molecule has 1 saturated heterocycles. The molecule has 1 heterocycles. The standard InChI is InChI=1S/C12H11FN2O2/c1-2-5-9-11(16)15(12(17)14-9)10-7-4-3-6-8(10)13/h2-4,6-7,9H,1,5H2,(H,14,17). The van der Waals surface area contributed by atoms with E-state index in [1.165, 1.54) is 24.3 Å². The maximum atomic E-state index is 13.5. The summed E-state index contributed by atoms with van der Waals surface area (Å²) in [7, 11) is 0. The van der Waals surface area contributed by atoms with Crippen molar-refractivity contribution in [2.75, 3.05) is 4.90 Å². The predicted octanol–water partition coefficient (Wildman–Crippen LogP) is 1.83. The number of urea groups is 1. The van der Waals surface area contributed by atoms with Crippen LogP contribution in [0.5, 0.6) is 0 Å². The van der Waals surface area contributed by atoms with Gasteiger partial charge in [-0.3, -0.25) is 4.79 Å². The van der Waals surface area contributed by atoms with Crippen LogP contribution in [0.4, 0.5) is 14.9 Å². The first-order chi connectivity index (χ1) is 8.15. The number of anilines is 1. The zero-order valence-corrected chi connectivity index (χ0v) is 9.02. The van der Waals surface area contributed by atoms with Crippen LogP contribution in [0.2, 0.25) is 0 Å². The largest absolute Gasteiger partial charge is 0.329 e. The first-order valence-electron chi connectivity index (χ1n) is 5.15. The summed E-state index contributed by atoms with van der Waals surface area (Å²) in [4.78, 5) is 24.3. The van der Waals surface area contributed by atoms with E-state index in [0.29, 0.717) is 6.42 Å². The Bertz CT molecular complexity index is 487. The summed E-state index contributed by atoms with van der Waals surface area (Å²) >= 11 is 0. The van der Waals surface area contributed by atoms with Crippen molar-refractivity contribution in [2.45, 2.75) is 12.5 Å². The van der Waals surface area contributed by atoms with Gasteiger partial charge in [0.05, 0.1) is 5.69 Å². The van der Waals surface area contributed by atoms with E-state index in [4.69, 9.17) is 0 Å². The van der Waals surface area contributed by atoms with Crippen LogP contribution < -0.4 is 10.2 Å². The van der Waals surface area contributed by atoms with Crippen LogP contribution in [0.15, 0.2) is 36.9 Å². The summed E-state index contributed by atoms with van der Waals surface area (Å²) in [6.07, 6.45) is 1.86. The molecule has 1 aliphatic rings. The van der Waals surface area contributed by atoms with E-state index in [-0.39, 0.29) is 5.69 Å². The summed E-state index contributed by atoms with van der Waals surface area (Å²) in [6.45, 7) is 3.50. The van der Waals surface area contributed by atoms with Crippen molar-refractivity contribution < 1.29 is 14.0 Å². The quantitative estimate of drug-likeness (QED) is 0.640. The summed E-state index contributed by atoms with van der Waals surface area (Å²) in [5.41, 5.74) is -0.0263. The molecule has 1 aromatic rings. The van der Waals surface area contributed by atoms with Gasteiger partial charge >= 0.3 is 6.03 Å². The van der Waals surface area contributed by atoms with Crippen LogP contribution in [0.25, 0.3) is 0 Å². The monoisotopic (exact) mass is 234 g/mol. The second-order valence-electron chi connectivity index (χ2n) is 3.65. The highest BCUT2D eigenvalue weighted by Crippen LogP contribution is 2.23. The fourth-order valence-electron chi connectivity index (χ4n) is 1.72. The molecule has 1 atom stereocenters. The number of nitrogens with zero attached hydrogens (tertiary/aromatic N) is 1. The third kappa shape index (κ3) is 1.91. The number of rotatable bonds is 3. The lowest BCUT2D eigenvalue weighted by Crippen LogP contribution is -2.31. The fourth-order valence-corrected chi connectivity index (χ4v) is 1.72. The van der Waals surface area contributed by atoms with Gasteiger partial charge in [-0.1, -0.05) is 18.2 Å². The molecule has 1 aromatic carbocycles. The minimum atomic E-state index is -0.653. The number of halogens is 1. The average Bonchev–Trinajstić information content (AvgIpc) is 2.57. The van der Waals surface area contributed by atoms with Crippen LogP contribution in [-0.2, 0) is 4.79 Å². The molecule has 17 heavy (non-hydrogen) atoms. The van der Waals surface area contributed by atoms with Crippen LogP contribution in [0.3, 0.4) is 0 Å². The Hall–Kier alpha value is -2.17. The van der Waals surface area contributed by atoms with E-state index < -0.39 is 23.8 Å². The number of carbonyl (C=O) groups excluding carboxylic acids is 2. The Kier molecular flexibility index (Phi) is 2.91. The van der Waals surface area contributed by atoms with Crippen molar-refractivity contribution in [1.29, 1.82) is 0 Å². The van der Waals surface area contributed by atoms with E-state index in [1.54, 1.807) is 6.07 Å². The molecule has 4 nitrogen and oxygen atoms in total. The highest BCUT2D eigenvalue weighted by Gasteiger charge is 2.39. The topological polar surface area (TPSA) is 49.4 Å². The number of hydrogen-bond acceptors (Lipinski definition) is 2. The molecule has 5 heteroatoms. The highest BCUT2D eigenvalue weighted by molar-refractivity contribution is 6.21. The summed E-state index contributed by atoms with van der Waals surface area (Å²) in [5, 5.41) is 2.48. The van der Waals surface area contributed by atoms with Gasteiger partial charge in [0.15, 0.2) is 0 Å². The normalized spacial score (nSPS) is 19.4. The molecule has 3 amide bonds. The second-order valence-corrected chi connectivity index (χ2v) is 3.65. The molecule has 0 radical (unpaired) electrons. The molecular formula is C12H11FN2O2. The van der Waals surface area contributed by atoms with E-state index >= 15 is 0 Å². The smallest absolute Gasteiger partial charge is 0.325 e. The van der Waals surface area contributed by atoms with E-state index in [2.05, 4.69) is 11.9 Å². The Morgan fingerprint density at radius 3 is 2.76 bits per heavy atom. The number of nitrogens with one attached hydrogen (secondary N) is 1. The van der Waals surface area contributed by atoms with Gasteiger partial charge in [-0.25, -0.2) is 14.1 Å². The number of imide groups is 1. The molecule has 0 saturated carbocycles. The van der Waals surface area contributed by atoms with Crippen molar-refractivity contribution in [3.63, 3.8) is 0 Å². The SMILES string of the molecule is C=CCC1NC(=O)N(c2ccccc2F)C1=O. The lowest BCUT2D eigenvalue weighted by molar-refractivity contribution is -0.118. The van der Waals surface area contributed by atoms with Crippen molar-refractivity contribution >= 4 is 17.6 Å². The van der Waals surface area contributed by atoms with Gasteiger partial charge in [0.2, 0.25) is 0 Å². The van der Waals surface area contributed by atoms with E-state index in [0.717, 1.165) is 4.90 Å². The molecule has 1 aliphatic heterocycles. The van der Waals surface area contributed by atoms with E-state index in [9.17, 15) is 14.0 Å². The van der Waals surface area contributed by atoms with Crippen LogP contribution >= 0.6 is 0 Å². The number of amides is 3. The van der Waals surface area contributed by atoms with Crippen molar-refractivity contribution in [1.82, 2.24) is 5.32 Å². The van der Waals surface area contributed by atoms with Gasteiger partial charge in [0.1, 0.15) is 11.9 Å². The van der Waals surface area contributed by atoms with Gasteiger partial charge < -0.3 is 5.32 Å². The third-order valence-electron chi connectivity index (χ3n) is 2.52. The molecule has 88 valence electrons. The lowest BCUT2D eigenvalue weighted by Gasteiger charge is -2.13. The van der Waals surface area contributed by atoms with Crippen molar-refractivity contribution in [3.8, 4) is 0 Å². The van der Waals surface area contributed by atoms with E-state index in [1.807, 2.05) is 0 Å². The maximum Gasteiger partial charge on any atom is 0.329 e. The summed E-state index contributed by atoms with van der Waals surface area (Å²) in [6, 6.07) is 4.41. The number of para-hydroxylation sites is 1. The molecule has 0 aromatic heterocycles. The van der Waals surface area contributed by atoms with Gasteiger partial charge in [-0.15, -0.1) is 6.58 Å². The van der Waals surface area contributed by atoms with Crippen molar-refractivity contribution in [3.05, 3.63) is 42.7 Å². The number of hydrogen-bond donors (Lipinski definition) is 1. The minimum Gasteiger partial charge on any atom is -0.325 e. The molecule has 2 rings (SSSR count). The van der Waals surface area contributed by atoms with Crippen LogP contribution in [0, 0.1) is 5.82 Å². The van der Waals surface area contributed by atoms with Gasteiger partial charge in [0.25, 0.3) is 5.91 Å². The fraction of sp³-hybridized carbons (Fsp3) is 0.167. The third-order valence-corrected chi connectivity index (χ3v) is 2.52. The lowest BCUT2D eigenvalue weighted by atomic mass is 10.2. The zero-order valence-electron chi connectivity index (χ0n) is 9.02. The molecule has 0 spiro atoms. The van der Waals surface area contributed by atoms with Crippen molar-refractivity contribution in [2.24, 2.45) is 0 Å². The average molecular weight is 234 g/mol. The highest BCUT2D eigenvalue weighted by atomic mass is 19.1. The number of carbonyl (C=O) groups is 2. The first-order valence-corrected chi connectivity index (χ1v) is 5.15. The number of benzene rings is 1. The molecule has 0 aliphatic carbocycles. The van der Waals surface area contributed by atoms with Crippen LogP contribution in [0.1, 0.15) is 6.42 Å². The zero-order chi connectivity index (χ0) is 12.4. The Labute approximate surface area is 97.7 Å².